The molecule has 288 valence electrons. The maximum absolute atomic E-state index is 14.8. The van der Waals surface area contributed by atoms with Crippen LogP contribution in [0.15, 0.2) is 48.5 Å². The van der Waals surface area contributed by atoms with Crippen molar-refractivity contribution >= 4 is 53.8 Å². The van der Waals surface area contributed by atoms with Crippen LogP contribution in [-0.4, -0.2) is 88.5 Å². The number of nitrogens with one attached hydrogen (secondary N) is 3. The molecule has 0 saturated carbocycles. The van der Waals surface area contributed by atoms with Gasteiger partial charge >= 0.3 is 5.97 Å². The average molecular weight is 762 g/mol. The number of amides is 4. The third-order valence-corrected chi connectivity index (χ3v) is 9.85. The van der Waals surface area contributed by atoms with Crippen LogP contribution in [-0.2, 0) is 35.1 Å². The van der Waals surface area contributed by atoms with Crippen LogP contribution in [0.25, 0.3) is 0 Å². The van der Waals surface area contributed by atoms with Crippen molar-refractivity contribution in [2.24, 2.45) is 11.1 Å². The number of carbonyl (C=O) groups excluding carboxylic acids is 5. The Morgan fingerprint density at radius 1 is 0.981 bits per heavy atom. The van der Waals surface area contributed by atoms with Crippen molar-refractivity contribution in [2.45, 2.75) is 104 Å². The largest absolute Gasteiger partial charge is 0.483 e. The Hall–Kier alpha value is -3.81. The lowest BCUT2D eigenvalue weighted by Gasteiger charge is -2.36. The van der Waals surface area contributed by atoms with E-state index in [1.807, 2.05) is 97.0 Å². The third-order valence-electron chi connectivity index (χ3n) is 8.47. The summed E-state index contributed by atoms with van der Waals surface area (Å²) in [6.45, 7) is 16.4. The first-order chi connectivity index (χ1) is 23.8. The normalized spacial score (nSPS) is 16.5. The van der Waals surface area contributed by atoms with E-state index in [0.29, 0.717) is 5.75 Å². The van der Waals surface area contributed by atoms with E-state index in [4.69, 9.17) is 15.2 Å². The first kappa shape index (κ1) is 44.4. The molecule has 5 N–H and O–H groups in total. The Morgan fingerprint density at radius 3 is 2.17 bits per heavy atom. The van der Waals surface area contributed by atoms with Crippen molar-refractivity contribution in [3.05, 3.63) is 65.2 Å². The summed E-state index contributed by atoms with van der Waals surface area (Å²) < 4.78 is 11.3. The summed E-state index contributed by atoms with van der Waals surface area (Å²) in [6, 6.07) is 12.9. The molecule has 14 heteroatoms. The maximum Gasteiger partial charge on any atom is 0.307 e. The standard InChI is InChI=1S/C38H55N5O7S.ClH/c1-24-14-13-15-25(2)30(24)49-22-28(44)41-27(20-26-16-11-10-12-17-26)31(50-29(45)21-37(6,7)35(48)40-19-18-39)34(47)43-23-51-38(8,9)32(43)33(46)42-36(3,4)5;/h10-17,27,31-32H,18-23,39H2,1-9H3,(H,40,48)(H,41,44)(H,42,46);1H/t27-,31-,32+;/m0./s1. The highest BCUT2D eigenvalue weighted by Crippen LogP contribution is 2.40. The van der Waals surface area contributed by atoms with Gasteiger partial charge in [0.05, 0.1) is 23.8 Å². The SMILES string of the molecule is Cc1cccc(C)c1OCC(=O)N[C@@H](Cc1ccccc1)[C@H](OC(=O)CC(C)(C)C(=O)NCCN)C(=O)N1CSC(C)(C)[C@H]1C(=O)NC(C)(C)C.Cl. The average Bonchev–Trinajstić information content (AvgIpc) is 3.35. The summed E-state index contributed by atoms with van der Waals surface area (Å²) in [5, 5.41) is 8.60. The van der Waals surface area contributed by atoms with Crippen molar-refractivity contribution < 1.29 is 33.4 Å². The number of esters is 1. The smallest absolute Gasteiger partial charge is 0.307 e. The first-order valence-corrected chi connectivity index (χ1v) is 18.2. The second-order valence-electron chi connectivity index (χ2n) is 15.2. The van der Waals surface area contributed by atoms with Crippen molar-refractivity contribution in [3.63, 3.8) is 0 Å². The number of thioether (sulfide) groups is 1. The van der Waals surface area contributed by atoms with Gasteiger partial charge in [0.15, 0.2) is 6.61 Å². The number of aryl methyl sites for hydroxylation is 2. The summed E-state index contributed by atoms with van der Waals surface area (Å²) in [7, 11) is 0. The molecule has 12 nitrogen and oxygen atoms in total. The summed E-state index contributed by atoms with van der Waals surface area (Å²) in [4.78, 5) is 70.1. The van der Waals surface area contributed by atoms with E-state index in [1.54, 1.807) is 13.8 Å². The van der Waals surface area contributed by atoms with Gasteiger partial charge in [0.1, 0.15) is 11.8 Å². The van der Waals surface area contributed by atoms with Crippen molar-refractivity contribution in [2.75, 3.05) is 25.6 Å². The van der Waals surface area contributed by atoms with Gasteiger partial charge in [0, 0.05) is 23.4 Å². The number of hydrogen-bond acceptors (Lipinski definition) is 9. The molecule has 3 rings (SSSR count). The van der Waals surface area contributed by atoms with Gasteiger partial charge in [-0.2, -0.15) is 0 Å². The minimum absolute atomic E-state index is 0. The minimum Gasteiger partial charge on any atom is -0.483 e. The number of benzene rings is 2. The van der Waals surface area contributed by atoms with Crippen LogP contribution in [0.3, 0.4) is 0 Å². The van der Waals surface area contributed by atoms with Crippen LogP contribution in [0.2, 0.25) is 0 Å². The van der Waals surface area contributed by atoms with E-state index in [-0.39, 0.29) is 56.7 Å². The van der Waals surface area contributed by atoms with Crippen molar-refractivity contribution in [1.82, 2.24) is 20.9 Å². The number of ether oxygens (including phenoxy) is 2. The predicted octanol–water partition coefficient (Wildman–Crippen LogP) is 3.83. The minimum atomic E-state index is -1.55. The highest BCUT2D eigenvalue weighted by atomic mass is 35.5. The zero-order valence-corrected chi connectivity index (χ0v) is 33.4. The van der Waals surface area contributed by atoms with E-state index in [2.05, 4.69) is 16.0 Å². The van der Waals surface area contributed by atoms with Gasteiger partial charge in [-0.05, 0) is 71.6 Å². The Balaban J connectivity index is 0.00000936. The third kappa shape index (κ3) is 12.4. The molecule has 1 fully saturated rings. The molecule has 0 spiro atoms. The molecule has 0 aromatic heterocycles. The molecule has 0 aliphatic carbocycles. The van der Waals surface area contributed by atoms with Gasteiger partial charge in [-0.3, -0.25) is 24.0 Å². The molecule has 1 saturated heterocycles. The molecule has 2 aromatic rings. The Bertz CT molecular complexity index is 1540. The lowest BCUT2D eigenvalue weighted by atomic mass is 9.88. The van der Waals surface area contributed by atoms with E-state index in [1.165, 1.54) is 16.7 Å². The molecule has 3 atom stereocenters. The Labute approximate surface area is 318 Å². The van der Waals surface area contributed by atoms with E-state index >= 15 is 0 Å². The number of carbonyl (C=O) groups is 5. The first-order valence-electron chi connectivity index (χ1n) is 17.2. The van der Waals surface area contributed by atoms with Gasteiger partial charge in [0.25, 0.3) is 11.8 Å². The number of para-hydroxylation sites is 1. The highest BCUT2D eigenvalue weighted by Gasteiger charge is 2.51. The molecular formula is C38H56ClN5O7S. The zero-order valence-electron chi connectivity index (χ0n) is 31.8. The van der Waals surface area contributed by atoms with Crippen LogP contribution in [0.5, 0.6) is 5.75 Å². The molecule has 0 unspecified atom stereocenters. The summed E-state index contributed by atoms with van der Waals surface area (Å²) in [6.07, 6.45) is -1.80. The summed E-state index contributed by atoms with van der Waals surface area (Å²) in [5.41, 5.74) is 6.27. The second kappa shape index (κ2) is 18.8. The quantitative estimate of drug-likeness (QED) is 0.197. The number of halogens is 1. The molecule has 1 aliphatic heterocycles. The van der Waals surface area contributed by atoms with Gasteiger partial charge in [0.2, 0.25) is 17.9 Å². The van der Waals surface area contributed by atoms with Crippen LogP contribution in [0.1, 0.15) is 71.6 Å². The van der Waals surface area contributed by atoms with Gasteiger partial charge < -0.3 is 36.1 Å². The molecule has 2 aromatic carbocycles. The number of rotatable bonds is 15. The lowest BCUT2D eigenvalue weighted by Crippen LogP contribution is -2.61. The van der Waals surface area contributed by atoms with E-state index in [9.17, 15) is 24.0 Å². The lowest BCUT2D eigenvalue weighted by molar-refractivity contribution is -0.166. The fraction of sp³-hybridized carbons (Fsp3) is 0.553. The van der Waals surface area contributed by atoms with Gasteiger partial charge in [-0.25, -0.2) is 0 Å². The van der Waals surface area contributed by atoms with Gasteiger partial charge in [-0.1, -0.05) is 62.4 Å². The number of hydrogen-bond donors (Lipinski definition) is 4. The van der Waals surface area contributed by atoms with Gasteiger partial charge in [-0.15, -0.1) is 24.2 Å². The topological polar surface area (TPSA) is 169 Å². The highest BCUT2D eigenvalue weighted by molar-refractivity contribution is 8.00. The molecule has 52 heavy (non-hydrogen) atoms. The van der Waals surface area contributed by atoms with Crippen molar-refractivity contribution in [3.8, 4) is 5.75 Å². The molecule has 1 aliphatic rings. The predicted molar refractivity (Wildman–Crippen MR) is 206 cm³/mol. The molecule has 1 heterocycles. The zero-order chi connectivity index (χ0) is 38.1. The van der Waals surface area contributed by atoms with Crippen LogP contribution < -0.4 is 26.4 Å². The molecule has 0 bridgehead atoms. The van der Waals surface area contributed by atoms with Crippen LogP contribution in [0.4, 0.5) is 0 Å². The number of nitrogens with zero attached hydrogens (tertiary/aromatic N) is 1. The van der Waals surface area contributed by atoms with Crippen LogP contribution >= 0.6 is 24.2 Å². The fourth-order valence-electron chi connectivity index (χ4n) is 5.88. The number of nitrogens with two attached hydrogens (primary N) is 1. The van der Waals surface area contributed by atoms with E-state index < -0.39 is 57.6 Å². The maximum atomic E-state index is 14.8. The second-order valence-corrected chi connectivity index (χ2v) is 16.8. The molecule has 4 amide bonds. The molecular weight excluding hydrogens is 706 g/mol. The van der Waals surface area contributed by atoms with Crippen molar-refractivity contribution in [1.29, 1.82) is 0 Å². The van der Waals surface area contributed by atoms with E-state index in [0.717, 1.165) is 16.7 Å². The fourth-order valence-corrected chi connectivity index (χ4v) is 7.02. The summed E-state index contributed by atoms with van der Waals surface area (Å²) in [5.74, 6) is -2.02. The Kier molecular flexibility index (Phi) is 16.0. The van der Waals surface area contributed by atoms with Crippen LogP contribution in [0, 0.1) is 19.3 Å². The monoisotopic (exact) mass is 761 g/mol. The molecule has 0 radical (unpaired) electrons. The summed E-state index contributed by atoms with van der Waals surface area (Å²) >= 11 is 1.43. The Morgan fingerprint density at radius 2 is 1.60 bits per heavy atom.